The summed E-state index contributed by atoms with van der Waals surface area (Å²) < 4.78 is 0. The molecule has 0 aliphatic heterocycles. The minimum Gasteiger partial charge on any atom is -0.325 e. The van der Waals surface area contributed by atoms with Gasteiger partial charge in [-0.1, -0.05) is 36.4 Å². The number of nitriles is 1. The van der Waals surface area contributed by atoms with Gasteiger partial charge in [-0.05, 0) is 49.1 Å². The minimum absolute atomic E-state index is 0.233. The Labute approximate surface area is 114 Å². The van der Waals surface area contributed by atoms with Crippen LogP contribution in [0.25, 0.3) is 11.1 Å². The zero-order chi connectivity index (χ0) is 13.9. The van der Waals surface area contributed by atoms with Crippen LogP contribution in [0.1, 0.15) is 25.0 Å². The summed E-state index contributed by atoms with van der Waals surface area (Å²) in [6, 6.07) is 18.1. The molecular weight excluding hydrogens is 232 g/mol. The Morgan fingerprint density at radius 2 is 1.68 bits per heavy atom. The summed E-state index contributed by atoms with van der Waals surface area (Å²) in [5, 5.41) is 8.84. The van der Waals surface area contributed by atoms with Crippen molar-refractivity contribution in [1.82, 2.24) is 0 Å². The summed E-state index contributed by atoms with van der Waals surface area (Å²) in [7, 11) is 0. The number of nitrogens with two attached hydrogens (primary N) is 1. The van der Waals surface area contributed by atoms with E-state index in [9.17, 15) is 0 Å². The van der Waals surface area contributed by atoms with Crippen LogP contribution >= 0.6 is 0 Å². The van der Waals surface area contributed by atoms with E-state index in [-0.39, 0.29) is 5.54 Å². The zero-order valence-electron chi connectivity index (χ0n) is 11.4. The van der Waals surface area contributed by atoms with E-state index in [2.05, 4.69) is 18.2 Å². The largest absolute Gasteiger partial charge is 0.325 e. The number of hydrogen-bond acceptors (Lipinski definition) is 2. The lowest BCUT2D eigenvalue weighted by Crippen LogP contribution is -2.34. The molecule has 0 aromatic heterocycles. The Morgan fingerprint density at radius 1 is 1.05 bits per heavy atom. The van der Waals surface area contributed by atoms with Crippen LogP contribution in [0.2, 0.25) is 0 Å². The van der Waals surface area contributed by atoms with Crippen LogP contribution in [0.4, 0.5) is 0 Å². The minimum atomic E-state index is -0.233. The van der Waals surface area contributed by atoms with E-state index in [4.69, 9.17) is 11.0 Å². The highest BCUT2D eigenvalue weighted by molar-refractivity contribution is 5.68. The highest BCUT2D eigenvalue weighted by atomic mass is 14.7. The first-order valence-corrected chi connectivity index (χ1v) is 6.37. The molecule has 2 N–H and O–H groups in total. The van der Waals surface area contributed by atoms with Gasteiger partial charge in [0.05, 0.1) is 11.6 Å². The third-order valence-corrected chi connectivity index (χ3v) is 2.99. The lowest BCUT2D eigenvalue weighted by Gasteiger charge is -2.20. The average Bonchev–Trinajstić information content (AvgIpc) is 2.38. The molecule has 0 heterocycles. The molecule has 2 nitrogen and oxygen atoms in total. The van der Waals surface area contributed by atoms with Gasteiger partial charge in [0.2, 0.25) is 0 Å². The summed E-state index contributed by atoms with van der Waals surface area (Å²) in [6.07, 6.45) is 0.823. The maximum Gasteiger partial charge on any atom is 0.0991 e. The molecule has 0 saturated carbocycles. The normalized spacial score (nSPS) is 11.1. The Kier molecular flexibility index (Phi) is 3.69. The molecule has 0 fully saturated rings. The van der Waals surface area contributed by atoms with Crippen molar-refractivity contribution in [2.24, 2.45) is 5.73 Å². The van der Waals surface area contributed by atoms with Gasteiger partial charge in [-0.2, -0.15) is 5.26 Å². The Hall–Kier alpha value is -2.11. The van der Waals surface area contributed by atoms with Gasteiger partial charge < -0.3 is 5.73 Å². The fourth-order valence-electron chi connectivity index (χ4n) is 2.17. The van der Waals surface area contributed by atoms with Crippen molar-refractivity contribution in [1.29, 1.82) is 5.26 Å². The molecule has 0 saturated heterocycles. The molecule has 0 aliphatic carbocycles. The second kappa shape index (κ2) is 5.26. The van der Waals surface area contributed by atoms with E-state index in [1.54, 1.807) is 0 Å². The molecule has 0 aliphatic rings. The SMILES string of the molecule is CC(C)(N)Cc1ccccc1-c1ccc(C#N)cc1. The van der Waals surface area contributed by atoms with Crippen molar-refractivity contribution in [3.05, 3.63) is 59.7 Å². The van der Waals surface area contributed by atoms with Crippen LogP contribution in [0.5, 0.6) is 0 Å². The van der Waals surface area contributed by atoms with Gasteiger partial charge in [0.15, 0.2) is 0 Å². The molecule has 96 valence electrons. The summed E-state index contributed by atoms with van der Waals surface area (Å²) in [5.41, 5.74) is 10.1. The summed E-state index contributed by atoms with van der Waals surface area (Å²) in [4.78, 5) is 0. The number of rotatable bonds is 3. The fraction of sp³-hybridized carbons (Fsp3) is 0.235. The van der Waals surface area contributed by atoms with Crippen molar-refractivity contribution in [3.8, 4) is 17.2 Å². The van der Waals surface area contributed by atoms with Crippen LogP contribution in [-0.2, 0) is 6.42 Å². The van der Waals surface area contributed by atoms with Crippen LogP contribution in [0.3, 0.4) is 0 Å². The van der Waals surface area contributed by atoms with Gasteiger partial charge in [-0.25, -0.2) is 0 Å². The van der Waals surface area contributed by atoms with E-state index in [1.807, 2.05) is 50.2 Å². The van der Waals surface area contributed by atoms with E-state index >= 15 is 0 Å². The summed E-state index contributed by atoms with van der Waals surface area (Å²) >= 11 is 0. The second-order valence-electron chi connectivity index (χ2n) is 5.51. The van der Waals surface area contributed by atoms with Gasteiger partial charge in [-0.3, -0.25) is 0 Å². The maximum absolute atomic E-state index is 8.84. The monoisotopic (exact) mass is 250 g/mol. The van der Waals surface area contributed by atoms with E-state index in [1.165, 1.54) is 11.1 Å². The lowest BCUT2D eigenvalue weighted by molar-refractivity contribution is 0.517. The molecular formula is C17H18N2. The van der Waals surface area contributed by atoms with Crippen LogP contribution < -0.4 is 5.73 Å². The molecule has 0 amide bonds. The van der Waals surface area contributed by atoms with E-state index in [0.29, 0.717) is 5.56 Å². The number of benzene rings is 2. The van der Waals surface area contributed by atoms with Gasteiger partial charge in [0.1, 0.15) is 0 Å². The van der Waals surface area contributed by atoms with Crippen molar-refractivity contribution in [2.45, 2.75) is 25.8 Å². The quantitative estimate of drug-likeness (QED) is 0.906. The van der Waals surface area contributed by atoms with Gasteiger partial charge in [0, 0.05) is 5.54 Å². The van der Waals surface area contributed by atoms with E-state index in [0.717, 1.165) is 12.0 Å². The molecule has 2 aromatic carbocycles. The third-order valence-electron chi connectivity index (χ3n) is 2.99. The van der Waals surface area contributed by atoms with Crippen molar-refractivity contribution in [3.63, 3.8) is 0 Å². The third kappa shape index (κ3) is 3.43. The highest BCUT2D eigenvalue weighted by Crippen LogP contribution is 2.26. The predicted octanol–water partition coefficient (Wildman–Crippen LogP) is 3.51. The molecule has 2 heteroatoms. The molecule has 0 spiro atoms. The number of hydrogen-bond donors (Lipinski definition) is 1. The number of nitrogens with zero attached hydrogens (tertiary/aromatic N) is 1. The Balaban J connectivity index is 2.41. The first-order valence-electron chi connectivity index (χ1n) is 6.37. The van der Waals surface area contributed by atoms with E-state index < -0.39 is 0 Å². The van der Waals surface area contributed by atoms with Crippen LogP contribution in [0.15, 0.2) is 48.5 Å². The topological polar surface area (TPSA) is 49.8 Å². The average molecular weight is 250 g/mol. The lowest BCUT2D eigenvalue weighted by atomic mass is 9.90. The van der Waals surface area contributed by atoms with Crippen LogP contribution in [0, 0.1) is 11.3 Å². The van der Waals surface area contributed by atoms with Crippen molar-refractivity contribution >= 4 is 0 Å². The first kappa shape index (κ1) is 13.3. The smallest absolute Gasteiger partial charge is 0.0991 e. The maximum atomic E-state index is 8.84. The summed E-state index contributed by atoms with van der Waals surface area (Å²) in [5.74, 6) is 0. The fourth-order valence-corrected chi connectivity index (χ4v) is 2.17. The zero-order valence-corrected chi connectivity index (χ0v) is 11.4. The highest BCUT2D eigenvalue weighted by Gasteiger charge is 2.14. The van der Waals surface area contributed by atoms with Gasteiger partial charge in [0.25, 0.3) is 0 Å². The molecule has 0 unspecified atom stereocenters. The molecule has 0 atom stereocenters. The second-order valence-corrected chi connectivity index (χ2v) is 5.51. The molecule has 2 rings (SSSR count). The Bertz CT molecular complexity index is 598. The first-order chi connectivity index (χ1) is 8.99. The van der Waals surface area contributed by atoms with Crippen molar-refractivity contribution < 1.29 is 0 Å². The van der Waals surface area contributed by atoms with Gasteiger partial charge >= 0.3 is 0 Å². The van der Waals surface area contributed by atoms with Crippen molar-refractivity contribution in [2.75, 3.05) is 0 Å². The van der Waals surface area contributed by atoms with Crippen LogP contribution in [-0.4, -0.2) is 5.54 Å². The van der Waals surface area contributed by atoms with Gasteiger partial charge in [-0.15, -0.1) is 0 Å². The molecule has 0 radical (unpaired) electrons. The molecule has 2 aromatic rings. The standard InChI is InChI=1S/C17H18N2/c1-17(2,19)11-15-5-3-4-6-16(15)14-9-7-13(12-18)8-10-14/h3-10H,11,19H2,1-2H3. The molecule has 0 bridgehead atoms. The predicted molar refractivity (Wildman–Crippen MR) is 78.6 cm³/mol. The summed E-state index contributed by atoms with van der Waals surface area (Å²) in [6.45, 7) is 4.06. The Morgan fingerprint density at radius 3 is 2.26 bits per heavy atom. The molecule has 19 heavy (non-hydrogen) atoms.